The Kier molecular flexibility index (Phi) is 10.2. The maximum absolute atomic E-state index is 10.3. The standard InChI is InChI=1S/C6H13O5P.Na.H/c1-2-3-11-4-6(7)5-12(8,9)10;;/h2,6-7H,1,3-5H2,(H2,8,9,10);;/q;+1;-1. The summed E-state index contributed by atoms with van der Waals surface area (Å²) in [5.41, 5.74) is 0. The molecule has 0 fully saturated rings. The van der Waals surface area contributed by atoms with Crippen molar-refractivity contribution in [2.75, 3.05) is 19.4 Å². The van der Waals surface area contributed by atoms with Crippen molar-refractivity contribution < 1.29 is 55.2 Å². The fraction of sp³-hybridized carbons (Fsp3) is 0.667. The number of ether oxygens (including phenoxy) is 1. The summed E-state index contributed by atoms with van der Waals surface area (Å²) in [6.07, 6.45) is -0.195. The van der Waals surface area contributed by atoms with Crippen molar-refractivity contribution in [3.63, 3.8) is 0 Å². The van der Waals surface area contributed by atoms with Crippen LogP contribution in [-0.2, 0) is 9.30 Å². The first-order valence-electron chi connectivity index (χ1n) is 3.37. The normalized spacial score (nSPS) is 13.2. The van der Waals surface area contributed by atoms with Gasteiger partial charge in [-0.1, -0.05) is 6.08 Å². The molecular weight excluding hydrogens is 206 g/mol. The molecule has 0 saturated heterocycles. The van der Waals surface area contributed by atoms with Gasteiger partial charge in [0.2, 0.25) is 0 Å². The Morgan fingerprint density at radius 3 is 2.54 bits per heavy atom. The van der Waals surface area contributed by atoms with Crippen LogP contribution >= 0.6 is 7.60 Å². The average Bonchev–Trinajstić information content (AvgIpc) is 1.84. The van der Waals surface area contributed by atoms with E-state index in [1.165, 1.54) is 6.08 Å². The summed E-state index contributed by atoms with van der Waals surface area (Å²) >= 11 is 0. The van der Waals surface area contributed by atoms with Gasteiger partial charge in [-0.25, -0.2) is 0 Å². The van der Waals surface area contributed by atoms with Gasteiger partial charge in [-0.3, -0.25) is 4.57 Å². The van der Waals surface area contributed by atoms with Crippen LogP contribution in [-0.4, -0.2) is 40.4 Å². The molecule has 0 radical (unpaired) electrons. The van der Waals surface area contributed by atoms with Crippen molar-refractivity contribution >= 4 is 7.60 Å². The van der Waals surface area contributed by atoms with Gasteiger partial charge in [-0.05, 0) is 0 Å². The average molecular weight is 220 g/mol. The van der Waals surface area contributed by atoms with E-state index in [1.54, 1.807) is 0 Å². The van der Waals surface area contributed by atoms with Gasteiger partial charge in [0.15, 0.2) is 0 Å². The van der Waals surface area contributed by atoms with E-state index in [-0.39, 0.29) is 44.2 Å². The van der Waals surface area contributed by atoms with E-state index in [4.69, 9.17) is 19.6 Å². The van der Waals surface area contributed by atoms with Crippen molar-refractivity contribution in [2.45, 2.75) is 6.10 Å². The van der Waals surface area contributed by atoms with Crippen LogP contribution in [0.1, 0.15) is 1.43 Å². The van der Waals surface area contributed by atoms with Crippen LogP contribution in [0.5, 0.6) is 0 Å². The molecule has 1 unspecified atom stereocenters. The summed E-state index contributed by atoms with van der Waals surface area (Å²) in [5, 5.41) is 8.96. The van der Waals surface area contributed by atoms with Crippen molar-refractivity contribution in [3.8, 4) is 0 Å². The Morgan fingerprint density at radius 1 is 1.62 bits per heavy atom. The second-order valence-corrected chi connectivity index (χ2v) is 4.02. The van der Waals surface area contributed by atoms with E-state index in [0.29, 0.717) is 0 Å². The van der Waals surface area contributed by atoms with Crippen LogP contribution in [0.4, 0.5) is 0 Å². The monoisotopic (exact) mass is 220 g/mol. The summed E-state index contributed by atoms with van der Waals surface area (Å²) in [6, 6.07) is 0. The largest absolute Gasteiger partial charge is 1.00 e. The number of aliphatic hydroxyl groups is 1. The Morgan fingerprint density at radius 2 is 2.15 bits per heavy atom. The van der Waals surface area contributed by atoms with Crippen molar-refractivity contribution in [3.05, 3.63) is 12.7 Å². The van der Waals surface area contributed by atoms with E-state index in [1.807, 2.05) is 0 Å². The molecule has 0 aromatic heterocycles. The second kappa shape index (κ2) is 8.15. The minimum Gasteiger partial charge on any atom is -1.00 e. The van der Waals surface area contributed by atoms with Crippen molar-refractivity contribution in [2.24, 2.45) is 0 Å². The van der Waals surface area contributed by atoms with Crippen LogP contribution in [0.2, 0.25) is 0 Å². The molecule has 0 heterocycles. The van der Waals surface area contributed by atoms with Gasteiger partial charge in [0.1, 0.15) is 0 Å². The molecule has 13 heavy (non-hydrogen) atoms. The molecule has 0 aliphatic rings. The molecule has 0 amide bonds. The third-order valence-corrected chi connectivity index (χ3v) is 1.89. The fourth-order valence-electron chi connectivity index (χ4n) is 0.615. The maximum atomic E-state index is 10.3. The molecule has 0 aromatic carbocycles. The molecule has 5 nitrogen and oxygen atoms in total. The fourth-order valence-corrected chi connectivity index (χ4v) is 1.27. The number of rotatable bonds is 6. The quantitative estimate of drug-likeness (QED) is 0.190. The first-order valence-corrected chi connectivity index (χ1v) is 5.16. The topological polar surface area (TPSA) is 87.0 Å². The van der Waals surface area contributed by atoms with Gasteiger partial charge in [0.05, 0.1) is 25.5 Å². The Bertz CT molecular complexity index is 185. The van der Waals surface area contributed by atoms with Gasteiger partial charge >= 0.3 is 37.2 Å². The Labute approximate surface area is 101 Å². The summed E-state index contributed by atoms with van der Waals surface area (Å²) in [7, 11) is -4.13. The zero-order valence-electron chi connectivity index (χ0n) is 8.59. The van der Waals surface area contributed by atoms with E-state index < -0.39 is 19.9 Å². The summed E-state index contributed by atoms with van der Waals surface area (Å²) in [6.45, 7) is 3.55. The zero-order chi connectivity index (χ0) is 9.61. The predicted octanol–water partition coefficient (Wildman–Crippen LogP) is -3.16. The van der Waals surface area contributed by atoms with E-state index in [0.717, 1.165) is 0 Å². The Hall–Kier alpha value is 0.810. The number of aliphatic hydroxyl groups excluding tert-OH is 1. The molecule has 1 atom stereocenters. The molecule has 0 aliphatic carbocycles. The molecular formula is C6H14NaO5P. The Balaban J connectivity index is -0.000000605. The number of hydrogen-bond donors (Lipinski definition) is 3. The first kappa shape index (κ1) is 16.2. The van der Waals surface area contributed by atoms with Crippen LogP contribution in [0.3, 0.4) is 0 Å². The van der Waals surface area contributed by atoms with E-state index >= 15 is 0 Å². The first-order chi connectivity index (χ1) is 5.45. The molecule has 0 aliphatic heterocycles. The third kappa shape index (κ3) is 12.8. The smallest absolute Gasteiger partial charge is 1.00 e. The SMILES string of the molecule is C=CCOCC(O)CP(=O)(O)O.[H-].[Na+]. The molecule has 74 valence electrons. The van der Waals surface area contributed by atoms with Crippen molar-refractivity contribution in [1.82, 2.24) is 0 Å². The minimum atomic E-state index is -4.13. The van der Waals surface area contributed by atoms with Crippen LogP contribution in [0.25, 0.3) is 0 Å². The minimum absolute atomic E-state index is 0. The molecule has 0 rings (SSSR count). The summed E-state index contributed by atoms with van der Waals surface area (Å²) in [5.74, 6) is 0. The summed E-state index contributed by atoms with van der Waals surface area (Å²) < 4.78 is 15.1. The van der Waals surface area contributed by atoms with E-state index in [2.05, 4.69) is 6.58 Å². The molecule has 7 heteroatoms. The van der Waals surface area contributed by atoms with Gasteiger partial charge in [-0.2, -0.15) is 0 Å². The van der Waals surface area contributed by atoms with E-state index in [9.17, 15) is 4.57 Å². The van der Waals surface area contributed by atoms with Crippen LogP contribution < -0.4 is 29.6 Å². The molecule has 3 N–H and O–H groups in total. The van der Waals surface area contributed by atoms with Gasteiger partial charge in [0, 0.05) is 0 Å². The van der Waals surface area contributed by atoms with Gasteiger partial charge in [-0.15, -0.1) is 6.58 Å². The zero-order valence-corrected chi connectivity index (χ0v) is 10.5. The summed E-state index contributed by atoms with van der Waals surface area (Å²) in [4.78, 5) is 16.8. The van der Waals surface area contributed by atoms with Crippen LogP contribution in [0, 0.1) is 0 Å². The van der Waals surface area contributed by atoms with Gasteiger partial charge < -0.3 is 21.1 Å². The molecule has 0 bridgehead atoms. The van der Waals surface area contributed by atoms with Gasteiger partial charge in [0.25, 0.3) is 0 Å². The third-order valence-electron chi connectivity index (χ3n) is 0.995. The molecule has 0 spiro atoms. The maximum Gasteiger partial charge on any atom is 1.00 e. The van der Waals surface area contributed by atoms with Crippen LogP contribution in [0.15, 0.2) is 12.7 Å². The van der Waals surface area contributed by atoms with Crippen molar-refractivity contribution in [1.29, 1.82) is 0 Å². The molecule has 0 aromatic rings. The predicted molar refractivity (Wildman–Crippen MR) is 45.0 cm³/mol. The molecule has 0 saturated carbocycles. The number of hydrogen-bond acceptors (Lipinski definition) is 3. The second-order valence-electron chi connectivity index (χ2n) is 2.33.